The molecule has 0 aliphatic carbocycles. The number of hydrogen-bond donors (Lipinski definition) is 2. The van der Waals surface area contributed by atoms with Crippen LogP contribution in [0.4, 0.5) is 5.69 Å². The summed E-state index contributed by atoms with van der Waals surface area (Å²) in [6, 6.07) is 11.1. The molecule has 0 saturated carbocycles. The van der Waals surface area contributed by atoms with Crippen molar-refractivity contribution in [1.29, 1.82) is 0 Å². The van der Waals surface area contributed by atoms with Gasteiger partial charge in [-0.3, -0.25) is 0 Å². The van der Waals surface area contributed by atoms with Crippen LogP contribution < -0.4 is 5.32 Å². The van der Waals surface area contributed by atoms with Crippen LogP contribution in [0.15, 0.2) is 30.3 Å². The molecule has 0 aliphatic rings. The average molecular weight is 396 g/mol. The van der Waals surface area contributed by atoms with Gasteiger partial charge in [0.2, 0.25) is 0 Å². The number of benzene rings is 2. The SMILES string of the molecule is CCCc1cc(C)c(NCc2ccc(C(C)(C)C)cc2)c(CC(C)CCC)c1O. The van der Waals surface area contributed by atoms with Crippen molar-refractivity contribution in [3.63, 3.8) is 0 Å². The fraction of sp³-hybridized carbons (Fsp3) is 0.556. The molecule has 2 rings (SSSR count). The van der Waals surface area contributed by atoms with Crippen LogP contribution >= 0.6 is 0 Å². The maximum Gasteiger partial charge on any atom is 0.124 e. The summed E-state index contributed by atoms with van der Waals surface area (Å²) in [6.07, 6.45) is 5.26. The van der Waals surface area contributed by atoms with Crippen molar-refractivity contribution in [2.24, 2.45) is 5.92 Å². The van der Waals surface area contributed by atoms with Crippen LogP contribution in [0.1, 0.15) is 88.6 Å². The maximum atomic E-state index is 11.0. The number of rotatable bonds is 9. The van der Waals surface area contributed by atoms with Gasteiger partial charge in [0, 0.05) is 17.8 Å². The Morgan fingerprint density at radius 2 is 1.69 bits per heavy atom. The lowest BCUT2D eigenvalue weighted by Crippen LogP contribution is -2.11. The highest BCUT2D eigenvalue weighted by Crippen LogP contribution is 2.36. The molecule has 0 amide bonds. The van der Waals surface area contributed by atoms with Gasteiger partial charge in [-0.05, 0) is 53.4 Å². The first-order valence-corrected chi connectivity index (χ1v) is 11.3. The van der Waals surface area contributed by atoms with Crippen LogP contribution in [0, 0.1) is 12.8 Å². The fourth-order valence-corrected chi connectivity index (χ4v) is 4.11. The molecular weight excluding hydrogens is 354 g/mol. The molecule has 29 heavy (non-hydrogen) atoms. The Labute approximate surface area is 178 Å². The standard InChI is InChI=1S/C27H41NO/c1-8-10-19(3)16-24-25(20(4)17-22(11-9-2)26(24)29)28-18-21-12-14-23(15-13-21)27(5,6)7/h12-15,17,19,28-29H,8-11,16,18H2,1-7H3. The monoisotopic (exact) mass is 395 g/mol. The summed E-state index contributed by atoms with van der Waals surface area (Å²) < 4.78 is 0. The predicted octanol–water partition coefficient (Wildman–Crippen LogP) is 7.54. The highest BCUT2D eigenvalue weighted by atomic mass is 16.3. The summed E-state index contributed by atoms with van der Waals surface area (Å²) in [5.74, 6) is 1.07. The molecule has 1 unspecified atom stereocenters. The number of aryl methyl sites for hydroxylation is 2. The first kappa shape index (κ1) is 23.3. The Hall–Kier alpha value is -1.96. The number of anilines is 1. The van der Waals surface area contributed by atoms with E-state index in [9.17, 15) is 5.11 Å². The Balaban J connectivity index is 2.29. The number of phenols is 1. The van der Waals surface area contributed by atoms with Crippen molar-refractivity contribution in [3.8, 4) is 5.75 Å². The molecule has 0 aliphatic heterocycles. The van der Waals surface area contributed by atoms with E-state index in [2.05, 4.69) is 84.1 Å². The molecule has 0 aromatic heterocycles. The fourth-order valence-electron chi connectivity index (χ4n) is 4.11. The normalized spacial score (nSPS) is 12.8. The van der Waals surface area contributed by atoms with Gasteiger partial charge < -0.3 is 10.4 Å². The van der Waals surface area contributed by atoms with E-state index in [-0.39, 0.29) is 5.41 Å². The predicted molar refractivity (Wildman–Crippen MR) is 127 cm³/mol. The van der Waals surface area contributed by atoms with Crippen LogP contribution in [0.25, 0.3) is 0 Å². The van der Waals surface area contributed by atoms with E-state index in [1.807, 2.05) is 0 Å². The van der Waals surface area contributed by atoms with Crippen LogP contribution in [-0.2, 0) is 24.8 Å². The van der Waals surface area contributed by atoms with Gasteiger partial charge in [-0.25, -0.2) is 0 Å². The average Bonchev–Trinajstić information content (AvgIpc) is 2.65. The minimum Gasteiger partial charge on any atom is -0.507 e. The third-order valence-electron chi connectivity index (χ3n) is 5.82. The molecule has 2 aromatic carbocycles. The van der Waals surface area contributed by atoms with Crippen molar-refractivity contribution in [3.05, 3.63) is 58.1 Å². The largest absolute Gasteiger partial charge is 0.507 e. The van der Waals surface area contributed by atoms with Crippen molar-refractivity contribution in [1.82, 2.24) is 0 Å². The van der Waals surface area contributed by atoms with Crippen LogP contribution in [-0.4, -0.2) is 5.11 Å². The molecule has 2 N–H and O–H groups in total. The summed E-state index contributed by atoms with van der Waals surface area (Å²) in [4.78, 5) is 0. The summed E-state index contributed by atoms with van der Waals surface area (Å²) in [5.41, 5.74) is 7.33. The van der Waals surface area contributed by atoms with Crippen LogP contribution in [0.3, 0.4) is 0 Å². The first-order chi connectivity index (χ1) is 13.7. The molecule has 160 valence electrons. The van der Waals surface area contributed by atoms with Crippen molar-refractivity contribution in [2.75, 3.05) is 5.32 Å². The number of nitrogens with one attached hydrogen (secondary N) is 1. The summed E-state index contributed by atoms with van der Waals surface area (Å²) in [6.45, 7) is 16.4. The zero-order valence-corrected chi connectivity index (χ0v) is 19.7. The Morgan fingerprint density at radius 1 is 1.03 bits per heavy atom. The molecule has 0 saturated heterocycles. The van der Waals surface area contributed by atoms with Gasteiger partial charge in [0.05, 0.1) is 0 Å². The van der Waals surface area contributed by atoms with Crippen LogP contribution in [0.5, 0.6) is 5.75 Å². The lowest BCUT2D eigenvalue weighted by Gasteiger charge is -2.22. The van der Waals surface area contributed by atoms with Gasteiger partial charge in [0.25, 0.3) is 0 Å². The molecule has 0 radical (unpaired) electrons. The van der Waals surface area contributed by atoms with E-state index >= 15 is 0 Å². The second-order valence-electron chi connectivity index (χ2n) is 9.70. The minimum absolute atomic E-state index is 0.173. The van der Waals surface area contributed by atoms with Gasteiger partial charge in [-0.2, -0.15) is 0 Å². The lowest BCUT2D eigenvalue weighted by atomic mass is 9.87. The Bertz CT molecular complexity index is 784. The first-order valence-electron chi connectivity index (χ1n) is 11.3. The Morgan fingerprint density at radius 3 is 2.24 bits per heavy atom. The molecule has 0 fully saturated rings. The van der Waals surface area contributed by atoms with Gasteiger partial charge in [0.1, 0.15) is 5.75 Å². The highest BCUT2D eigenvalue weighted by Gasteiger charge is 2.18. The van der Waals surface area contributed by atoms with Gasteiger partial charge >= 0.3 is 0 Å². The molecule has 0 heterocycles. The molecule has 0 spiro atoms. The number of aromatic hydroxyl groups is 1. The van der Waals surface area contributed by atoms with Gasteiger partial charge in [0.15, 0.2) is 0 Å². The quantitative estimate of drug-likeness (QED) is 0.459. The molecule has 2 aromatic rings. The second kappa shape index (κ2) is 10.2. The third-order valence-corrected chi connectivity index (χ3v) is 5.82. The third kappa shape index (κ3) is 6.26. The summed E-state index contributed by atoms with van der Waals surface area (Å²) in [5, 5.41) is 14.7. The minimum atomic E-state index is 0.173. The molecular formula is C27H41NO. The van der Waals surface area contributed by atoms with E-state index in [4.69, 9.17) is 0 Å². The zero-order valence-electron chi connectivity index (χ0n) is 19.7. The van der Waals surface area contributed by atoms with Crippen molar-refractivity contribution in [2.45, 2.75) is 92.5 Å². The van der Waals surface area contributed by atoms with Crippen molar-refractivity contribution < 1.29 is 5.11 Å². The van der Waals surface area contributed by atoms with E-state index < -0.39 is 0 Å². The molecule has 0 bridgehead atoms. The van der Waals surface area contributed by atoms with Gasteiger partial charge in [-0.15, -0.1) is 0 Å². The molecule has 2 heteroatoms. The smallest absolute Gasteiger partial charge is 0.124 e. The summed E-state index contributed by atoms with van der Waals surface area (Å²) in [7, 11) is 0. The second-order valence-corrected chi connectivity index (χ2v) is 9.70. The maximum absolute atomic E-state index is 11.0. The van der Waals surface area contributed by atoms with E-state index in [1.165, 1.54) is 29.5 Å². The molecule has 1 atom stereocenters. The van der Waals surface area contributed by atoms with Crippen LogP contribution in [0.2, 0.25) is 0 Å². The number of phenolic OH excluding ortho intramolecular Hbond substituents is 1. The highest BCUT2D eigenvalue weighted by molar-refractivity contribution is 5.65. The molecule has 2 nitrogen and oxygen atoms in total. The Kier molecular flexibility index (Phi) is 8.19. The zero-order chi connectivity index (χ0) is 21.6. The summed E-state index contributed by atoms with van der Waals surface area (Å²) >= 11 is 0. The van der Waals surface area contributed by atoms with E-state index in [0.717, 1.165) is 42.6 Å². The van der Waals surface area contributed by atoms with Crippen molar-refractivity contribution >= 4 is 5.69 Å². The van der Waals surface area contributed by atoms with E-state index in [0.29, 0.717) is 11.7 Å². The topological polar surface area (TPSA) is 32.3 Å². The lowest BCUT2D eigenvalue weighted by molar-refractivity contribution is 0.447. The van der Waals surface area contributed by atoms with Gasteiger partial charge in [-0.1, -0.05) is 91.1 Å². The van der Waals surface area contributed by atoms with E-state index in [1.54, 1.807) is 0 Å². The number of hydrogen-bond acceptors (Lipinski definition) is 2.